The number of nitrogens with zero attached hydrogens (tertiary/aromatic N) is 1. The first-order valence-electron chi connectivity index (χ1n) is 6.78. The first kappa shape index (κ1) is 15.4. The number of benzene rings is 1. The van der Waals surface area contributed by atoms with E-state index in [1.807, 2.05) is 33.0 Å². The van der Waals surface area contributed by atoms with Gasteiger partial charge in [-0.1, -0.05) is 12.1 Å². The third-order valence-electron chi connectivity index (χ3n) is 3.49. The number of morpholine rings is 1. The van der Waals surface area contributed by atoms with Gasteiger partial charge < -0.3 is 10.1 Å². The summed E-state index contributed by atoms with van der Waals surface area (Å²) in [4.78, 5) is 0.405. The number of nitrogens with one attached hydrogen (secondary N) is 1. The molecule has 1 aromatic carbocycles. The molecule has 6 heteroatoms. The van der Waals surface area contributed by atoms with Gasteiger partial charge in [0.05, 0.1) is 17.6 Å². The van der Waals surface area contributed by atoms with Crippen LogP contribution in [0.3, 0.4) is 0 Å². The van der Waals surface area contributed by atoms with Gasteiger partial charge in [-0.15, -0.1) is 0 Å². The second-order valence-corrected chi connectivity index (χ2v) is 7.09. The van der Waals surface area contributed by atoms with Gasteiger partial charge in [0.25, 0.3) is 0 Å². The Hall–Kier alpha value is -0.950. The predicted molar refractivity (Wildman–Crippen MR) is 78.3 cm³/mol. The molecular formula is C14H22N2O3S. The number of aryl methyl sites for hydroxylation is 2. The van der Waals surface area contributed by atoms with Crippen molar-refractivity contribution in [1.29, 1.82) is 0 Å². The van der Waals surface area contributed by atoms with E-state index in [9.17, 15) is 8.42 Å². The third kappa shape index (κ3) is 3.20. The molecule has 112 valence electrons. The summed E-state index contributed by atoms with van der Waals surface area (Å²) in [6, 6.07) is 5.53. The van der Waals surface area contributed by atoms with Gasteiger partial charge in [0, 0.05) is 19.6 Å². The van der Waals surface area contributed by atoms with Crippen LogP contribution in [0, 0.1) is 13.8 Å². The molecular weight excluding hydrogens is 276 g/mol. The Balaban J connectivity index is 2.27. The Labute approximate surface area is 121 Å². The second kappa shape index (κ2) is 6.22. The summed E-state index contributed by atoms with van der Waals surface area (Å²) in [6.45, 7) is 5.64. The van der Waals surface area contributed by atoms with Gasteiger partial charge in [0.15, 0.2) is 0 Å². The van der Waals surface area contributed by atoms with Crippen LogP contribution in [0.25, 0.3) is 0 Å². The van der Waals surface area contributed by atoms with E-state index < -0.39 is 10.0 Å². The largest absolute Gasteiger partial charge is 0.374 e. The fourth-order valence-corrected chi connectivity index (χ4v) is 4.15. The van der Waals surface area contributed by atoms with E-state index in [4.69, 9.17) is 4.74 Å². The number of sulfonamides is 1. The van der Waals surface area contributed by atoms with Crippen molar-refractivity contribution in [2.45, 2.75) is 24.8 Å². The molecule has 0 spiro atoms. The van der Waals surface area contributed by atoms with Crippen LogP contribution in [-0.2, 0) is 14.8 Å². The van der Waals surface area contributed by atoms with Crippen molar-refractivity contribution in [2.75, 3.05) is 33.3 Å². The van der Waals surface area contributed by atoms with E-state index in [2.05, 4.69) is 5.32 Å². The summed E-state index contributed by atoms with van der Waals surface area (Å²) in [5, 5.41) is 3.02. The summed E-state index contributed by atoms with van der Waals surface area (Å²) in [5.41, 5.74) is 1.74. The Bertz CT molecular complexity index is 570. The average molecular weight is 298 g/mol. The molecule has 0 amide bonds. The molecule has 1 aromatic rings. The quantitative estimate of drug-likeness (QED) is 0.898. The van der Waals surface area contributed by atoms with E-state index >= 15 is 0 Å². The first-order chi connectivity index (χ1) is 9.45. The van der Waals surface area contributed by atoms with Crippen molar-refractivity contribution in [3.8, 4) is 0 Å². The van der Waals surface area contributed by atoms with Crippen LogP contribution in [0.5, 0.6) is 0 Å². The number of hydrogen-bond acceptors (Lipinski definition) is 4. The smallest absolute Gasteiger partial charge is 0.243 e. The lowest BCUT2D eigenvalue weighted by Crippen LogP contribution is -2.48. The zero-order valence-corrected chi connectivity index (χ0v) is 13.0. The molecule has 0 saturated carbocycles. The second-order valence-electron chi connectivity index (χ2n) is 5.18. The Morgan fingerprint density at radius 1 is 1.40 bits per heavy atom. The van der Waals surface area contributed by atoms with Crippen LogP contribution in [0.2, 0.25) is 0 Å². The lowest BCUT2D eigenvalue weighted by Gasteiger charge is -2.32. The molecule has 2 rings (SSSR count). The minimum atomic E-state index is -3.44. The van der Waals surface area contributed by atoms with Gasteiger partial charge in [0.1, 0.15) is 0 Å². The SMILES string of the molecule is CNCC1CN(S(=O)(=O)c2cc(C)ccc2C)CCO1. The maximum atomic E-state index is 12.8. The molecule has 1 atom stereocenters. The van der Waals surface area contributed by atoms with Gasteiger partial charge in [-0.05, 0) is 38.1 Å². The van der Waals surface area contributed by atoms with Crippen molar-refractivity contribution in [3.05, 3.63) is 29.3 Å². The number of hydrogen-bond donors (Lipinski definition) is 1. The van der Waals surface area contributed by atoms with Crippen molar-refractivity contribution in [3.63, 3.8) is 0 Å². The number of likely N-dealkylation sites (N-methyl/N-ethyl adjacent to an activating group) is 1. The summed E-state index contributed by atoms with van der Waals surface area (Å²) >= 11 is 0. The van der Waals surface area contributed by atoms with Gasteiger partial charge in [-0.25, -0.2) is 8.42 Å². The molecule has 1 fully saturated rings. The Morgan fingerprint density at radius 2 is 2.15 bits per heavy atom. The zero-order valence-electron chi connectivity index (χ0n) is 12.2. The van der Waals surface area contributed by atoms with Crippen LogP contribution in [0.4, 0.5) is 0 Å². The minimum Gasteiger partial charge on any atom is -0.374 e. The normalized spacial score (nSPS) is 21.1. The Kier molecular flexibility index (Phi) is 4.80. The summed E-state index contributed by atoms with van der Waals surface area (Å²) in [6.07, 6.45) is -0.0892. The first-order valence-corrected chi connectivity index (χ1v) is 8.23. The van der Waals surface area contributed by atoms with Crippen LogP contribution < -0.4 is 5.32 Å². The van der Waals surface area contributed by atoms with Gasteiger partial charge >= 0.3 is 0 Å². The monoisotopic (exact) mass is 298 g/mol. The summed E-state index contributed by atoms with van der Waals surface area (Å²) < 4.78 is 32.6. The van der Waals surface area contributed by atoms with Gasteiger partial charge in [-0.3, -0.25) is 0 Å². The number of rotatable bonds is 4. The van der Waals surface area contributed by atoms with Crippen LogP contribution >= 0.6 is 0 Å². The highest BCUT2D eigenvalue weighted by atomic mass is 32.2. The van der Waals surface area contributed by atoms with Crippen LogP contribution in [0.1, 0.15) is 11.1 Å². The molecule has 1 saturated heterocycles. The molecule has 0 aliphatic carbocycles. The van der Waals surface area contributed by atoms with Crippen LogP contribution in [0.15, 0.2) is 23.1 Å². The molecule has 0 radical (unpaired) electrons. The predicted octanol–water partition coefficient (Wildman–Crippen LogP) is 0.912. The molecule has 1 aliphatic heterocycles. The number of ether oxygens (including phenoxy) is 1. The van der Waals surface area contributed by atoms with E-state index in [0.29, 0.717) is 31.1 Å². The van der Waals surface area contributed by atoms with E-state index in [1.165, 1.54) is 4.31 Å². The fourth-order valence-electron chi connectivity index (χ4n) is 2.39. The fraction of sp³-hybridized carbons (Fsp3) is 0.571. The van der Waals surface area contributed by atoms with Gasteiger partial charge in [-0.2, -0.15) is 4.31 Å². The van der Waals surface area contributed by atoms with E-state index in [0.717, 1.165) is 11.1 Å². The molecule has 1 unspecified atom stereocenters. The molecule has 1 N–H and O–H groups in total. The van der Waals surface area contributed by atoms with E-state index in [1.54, 1.807) is 6.07 Å². The minimum absolute atomic E-state index is 0.0892. The maximum absolute atomic E-state index is 12.8. The third-order valence-corrected chi connectivity index (χ3v) is 5.50. The topological polar surface area (TPSA) is 58.6 Å². The highest BCUT2D eigenvalue weighted by Crippen LogP contribution is 2.23. The lowest BCUT2D eigenvalue weighted by atomic mass is 10.2. The van der Waals surface area contributed by atoms with Crippen molar-refractivity contribution < 1.29 is 13.2 Å². The maximum Gasteiger partial charge on any atom is 0.243 e. The molecule has 1 heterocycles. The highest BCUT2D eigenvalue weighted by Gasteiger charge is 2.31. The molecule has 0 bridgehead atoms. The molecule has 0 aromatic heterocycles. The molecule has 5 nitrogen and oxygen atoms in total. The zero-order chi connectivity index (χ0) is 14.8. The van der Waals surface area contributed by atoms with Crippen molar-refractivity contribution >= 4 is 10.0 Å². The molecule has 20 heavy (non-hydrogen) atoms. The van der Waals surface area contributed by atoms with Crippen molar-refractivity contribution in [1.82, 2.24) is 9.62 Å². The summed E-state index contributed by atoms with van der Waals surface area (Å²) in [7, 11) is -1.61. The highest BCUT2D eigenvalue weighted by molar-refractivity contribution is 7.89. The van der Waals surface area contributed by atoms with Crippen molar-refractivity contribution in [2.24, 2.45) is 0 Å². The standard InChI is InChI=1S/C14H22N2O3S/c1-11-4-5-12(2)14(8-11)20(17,18)16-6-7-19-13(10-16)9-15-3/h4-5,8,13,15H,6-7,9-10H2,1-3H3. The average Bonchev–Trinajstić information content (AvgIpc) is 2.42. The lowest BCUT2D eigenvalue weighted by molar-refractivity contribution is 0.000813. The van der Waals surface area contributed by atoms with Gasteiger partial charge in [0.2, 0.25) is 10.0 Å². The van der Waals surface area contributed by atoms with E-state index in [-0.39, 0.29) is 6.10 Å². The van der Waals surface area contributed by atoms with Crippen LogP contribution in [-0.4, -0.2) is 52.1 Å². The molecule has 1 aliphatic rings. The Morgan fingerprint density at radius 3 is 2.85 bits per heavy atom. The summed E-state index contributed by atoms with van der Waals surface area (Å²) in [5.74, 6) is 0.